The number of aromatic nitrogens is 4. The summed E-state index contributed by atoms with van der Waals surface area (Å²) in [6.07, 6.45) is 4.33. The molecule has 0 fully saturated rings. The molecule has 1 aromatic carbocycles. The van der Waals surface area contributed by atoms with E-state index in [1.54, 1.807) is 6.08 Å². The fraction of sp³-hybridized carbons (Fsp3) is 0. The maximum absolute atomic E-state index is 12.0. The highest BCUT2D eigenvalue weighted by atomic mass is 16.6. The summed E-state index contributed by atoms with van der Waals surface area (Å²) in [6, 6.07) is 9.21. The summed E-state index contributed by atoms with van der Waals surface area (Å²) in [7, 11) is 0. The van der Waals surface area contributed by atoms with Crippen molar-refractivity contribution < 1.29 is 4.92 Å². The summed E-state index contributed by atoms with van der Waals surface area (Å²) in [5, 5.41) is 13.6. The van der Waals surface area contributed by atoms with Crippen molar-refractivity contribution in [3.63, 3.8) is 0 Å². The average molecular weight is 283 g/mol. The van der Waals surface area contributed by atoms with E-state index in [4.69, 9.17) is 0 Å². The van der Waals surface area contributed by atoms with Gasteiger partial charge in [-0.25, -0.2) is 9.97 Å². The largest absolute Gasteiger partial charge is 0.361 e. The molecule has 0 saturated heterocycles. The quantitative estimate of drug-likeness (QED) is 0.579. The SMILES string of the molecule is O=c1c([N+](=O)[O-])c(C=Cc2ccccc2)nc2nc[nH]n12. The summed E-state index contributed by atoms with van der Waals surface area (Å²) in [5.74, 6) is 0.0818. The number of hydrogen-bond donors (Lipinski definition) is 1. The Kier molecular flexibility index (Phi) is 3.03. The van der Waals surface area contributed by atoms with Gasteiger partial charge in [-0.15, -0.1) is 0 Å². The minimum Gasteiger partial charge on any atom is -0.277 e. The number of hydrogen-bond acceptors (Lipinski definition) is 5. The van der Waals surface area contributed by atoms with Crippen LogP contribution in [0, 0.1) is 10.1 Å². The number of fused-ring (bicyclic) bond motifs is 1. The van der Waals surface area contributed by atoms with Crippen molar-refractivity contribution in [3.05, 3.63) is 68.4 Å². The van der Waals surface area contributed by atoms with Gasteiger partial charge in [-0.05, 0) is 11.6 Å². The van der Waals surface area contributed by atoms with Gasteiger partial charge in [0.25, 0.3) is 5.78 Å². The predicted molar refractivity (Wildman–Crippen MR) is 75.6 cm³/mol. The van der Waals surface area contributed by atoms with Gasteiger partial charge in [-0.1, -0.05) is 36.4 Å². The summed E-state index contributed by atoms with van der Waals surface area (Å²) in [5.41, 5.74) is -0.573. The molecule has 0 atom stereocenters. The molecular formula is C13H9N5O3. The number of nitro groups is 1. The predicted octanol–water partition coefficient (Wildman–Crippen LogP) is 1.50. The van der Waals surface area contributed by atoms with Crippen LogP contribution in [0.1, 0.15) is 11.3 Å². The van der Waals surface area contributed by atoms with Crippen LogP contribution in [-0.2, 0) is 0 Å². The van der Waals surface area contributed by atoms with Crippen LogP contribution in [0.3, 0.4) is 0 Å². The normalized spacial score (nSPS) is 11.2. The van der Waals surface area contributed by atoms with Crippen LogP contribution in [0.15, 0.2) is 41.5 Å². The molecule has 3 aromatic rings. The van der Waals surface area contributed by atoms with E-state index >= 15 is 0 Å². The number of rotatable bonds is 3. The maximum atomic E-state index is 12.0. The first-order valence-electron chi connectivity index (χ1n) is 6.00. The number of benzene rings is 1. The van der Waals surface area contributed by atoms with E-state index in [1.807, 2.05) is 30.3 Å². The van der Waals surface area contributed by atoms with E-state index < -0.39 is 16.2 Å². The minimum absolute atomic E-state index is 0.0269. The van der Waals surface area contributed by atoms with E-state index in [1.165, 1.54) is 12.4 Å². The van der Waals surface area contributed by atoms with E-state index in [-0.39, 0.29) is 11.5 Å². The maximum Gasteiger partial charge on any atom is 0.361 e. The average Bonchev–Trinajstić information content (AvgIpc) is 2.94. The first-order chi connectivity index (χ1) is 10.2. The molecule has 2 aromatic heterocycles. The molecule has 0 aliphatic carbocycles. The van der Waals surface area contributed by atoms with Gasteiger partial charge >= 0.3 is 11.2 Å². The molecule has 104 valence electrons. The van der Waals surface area contributed by atoms with Crippen LogP contribution in [0.2, 0.25) is 0 Å². The van der Waals surface area contributed by atoms with Crippen LogP contribution in [0.25, 0.3) is 17.9 Å². The van der Waals surface area contributed by atoms with Crippen LogP contribution in [0.4, 0.5) is 5.69 Å². The van der Waals surface area contributed by atoms with Gasteiger partial charge in [0.15, 0.2) is 5.69 Å². The van der Waals surface area contributed by atoms with Gasteiger partial charge in [0, 0.05) is 0 Å². The smallest absolute Gasteiger partial charge is 0.277 e. The Morgan fingerprint density at radius 3 is 2.71 bits per heavy atom. The van der Waals surface area contributed by atoms with Gasteiger partial charge in [0.1, 0.15) is 6.33 Å². The summed E-state index contributed by atoms with van der Waals surface area (Å²) < 4.78 is 0.929. The molecule has 0 spiro atoms. The molecule has 0 aliphatic heterocycles. The molecule has 1 N–H and O–H groups in total. The summed E-state index contributed by atoms with van der Waals surface area (Å²) in [4.78, 5) is 30.3. The highest BCUT2D eigenvalue weighted by molar-refractivity contribution is 5.72. The Morgan fingerprint density at radius 2 is 2.00 bits per heavy atom. The highest BCUT2D eigenvalue weighted by Crippen LogP contribution is 2.15. The van der Waals surface area contributed by atoms with E-state index in [2.05, 4.69) is 15.1 Å². The zero-order valence-corrected chi connectivity index (χ0v) is 10.6. The van der Waals surface area contributed by atoms with Crippen LogP contribution < -0.4 is 5.56 Å². The van der Waals surface area contributed by atoms with Gasteiger partial charge in [-0.2, -0.15) is 4.52 Å². The zero-order valence-electron chi connectivity index (χ0n) is 10.6. The first-order valence-corrected chi connectivity index (χ1v) is 6.00. The second-order valence-corrected chi connectivity index (χ2v) is 4.17. The van der Waals surface area contributed by atoms with E-state index in [0.29, 0.717) is 0 Å². The lowest BCUT2D eigenvalue weighted by molar-refractivity contribution is -0.386. The topological polar surface area (TPSA) is 106 Å². The van der Waals surface area contributed by atoms with Gasteiger partial charge < -0.3 is 0 Å². The molecule has 21 heavy (non-hydrogen) atoms. The van der Waals surface area contributed by atoms with Gasteiger partial charge in [0.05, 0.1) is 4.92 Å². The lowest BCUT2D eigenvalue weighted by Crippen LogP contribution is -2.20. The van der Waals surface area contributed by atoms with Gasteiger partial charge in [-0.3, -0.25) is 20.0 Å². The lowest BCUT2D eigenvalue weighted by atomic mass is 10.2. The molecule has 2 heterocycles. The van der Waals surface area contributed by atoms with Crippen molar-refractivity contribution in [2.75, 3.05) is 0 Å². The molecule has 0 saturated carbocycles. The molecule has 0 radical (unpaired) electrons. The minimum atomic E-state index is -0.796. The van der Waals surface area contributed by atoms with Crippen LogP contribution in [-0.4, -0.2) is 24.5 Å². The molecule has 8 heteroatoms. The lowest BCUT2D eigenvalue weighted by Gasteiger charge is -1.97. The van der Waals surface area contributed by atoms with Gasteiger partial charge in [0.2, 0.25) is 0 Å². The first kappa shape index (κ1) is 12.7. The Balaban J connectivity index is 2.17. The molecule has 3 rings (SSSR count). The number of aromatic amines is 1. The fourth-order valence-electron chi connectivity index (χ4n) is 1.89. The van der Waals surface area contributed by atoms with Crippen molar-refractivity contribution in [1.29, 1.82) is 0 Å². The zero-order chi connectivity index (χ0) is 14.8. The molecule has 0 bridgehead atoms. The monoisotopic (exact) mass is 283 g/mol. The van der Waals surface area contributed by atoms with Crippen molar-refractivity contribution >= 4 is 23.6 Å². The second kappa shape index (κ2) is 5.00. The molecule has 0 unspecified atom stereocenters. The van der Waals surface area contributed by atoms with Crippen molar-refractivity contribution in [2.24, 2.45) is 0 Å². The van der Waals surface area contributed by atoms with Crippen molar-refractivity contribution in [2.45, 2.75) is 0 Å². The van der Waals surface area contributed by atoms with E-state index in [9.17, 15) is 14.9 Å². The third-order valence-electron chi connectivity index (χ3n) is 2.85. The molecular weight excluding hydrogens is 274 g/mol. The fourth-order valence-corrected chi connectivity index (χ4v) is 1.89. The Labute approximate surface area is 117 Å². The van der Waals surface area contributed by atoms with Crippen LogP contribution in [0.5, 0.6) is 0 Å². The Hall–Kier alpha value is -3.29. The third kappa shape index (κ3) is 2.29. The summed E-state index contributed by atoms with van der Waals surface area (Å²) >= 11 is 0. The van der Waals surface area contributed by atoms with Crippen molar-refractivity contribution in [1.82, 2.24) is 19.6 Å². The van der Waals surface area contributed by atoms with Crippen molar-refractivity contribution in [3.8, 4) is 0 Å². The summed E-state index contributed by atoms with van der Waals surface area (Å²) in [6.45, 7) is 0. The number of nitrogens with zero attached hydrogens (tertiary/aromatic N) is 4. The third-order valence-corrected chi connectivity index (χ3v) is 2.85. The Bertz CT molecular complexity index is 895. The van der Waals surface area contributed by atoms with E-state index in [0.717, 1.165) is 10.1 Å². The Morgan fingerprint density at radius 1 is 1.24 bits per heavy atom. The molecule has 0 aliphatic rings. The highest BCUT2D eigenvalue weighted by Gasteiger charge is 2.22. The molecule has 8 nitrogen and oxygen atoms in total. The number of H-pyrrole nitrogens is 1. The van der Waals surface area contributed by atoms with Crippen LogP contribution >= 0.6 is 0 Å². The standard InChI is InChI=1S/C13H9N5O3/c19-12-11(18(20)21)10(16-13-14-8-15-17(12)13)7-6-9-4-2-1-3-5-9/h1-8H,(H,14,15,16). The number of nitrogens with one attached hydrogen (secondary N) is 1. The molecule has 0 amide bonds. The second-order valence-electron chi connectivity index (χ2n) is 4.17.